The normalized spacial score (nSPS) is 15.8. The van der Waals surface area contributed by atoms with E-state index in [4.69, 9.17) is 4.74 Å². The molecule has 250 valence electrons. The van der Waals surface area contributed by atoms with Gasteiger partial charge in [0.25, 0.3) is 17.4 Å². The highest BCUT2D eigenvalue weighted by Gasteiger charge is 2.33. The van der Waals surface area contributed by atoms with Gasteiger partial charge in [-0.2, -0.15) is 13.8 Å². The van der Waals surface area contributed by atoms with Gasteiger partial charge in [-0.15, -0.1) is 0 Å². The molecular weight excluding hydrogens is 603 g/mol. The van der Waals surface area contributed by atoms with E-state index in [1.807, 2.05) is 0 Å². The van der Waals surface area contributed by atoms with Crippen LogP contribution in [0.2, 0.25) is 0 Å². The summed E-state index contributed by atoms with van der Waals surface area (Å²) in [7, 11) is 1.58. The van der Waals surface area contributed by atoms with Gasteiger partial charge in [0.05, 0.1) is 24.8 Å². The Morgan fingerprint density at radius 1 is 1.07 bits per heavy atom. The fourth-order valence-electron chi connectivity index (χ4n) is 5.53. The molecule has 2 N–H and O–H groups in total. The minimum absolute atomic E-state index is 0. The van der Waals surface area contributed by atoms with Gasteiger partial charge in [0.15, 0.2) is 0 Å². The highest BCUT2D eigenvalue weighted by Crippen LogP contribution is 2.34. The lowest BCUT2D eigenvalue weighted by molar-refractivity contribution is -0.0499. The van der Waals surface area contributed by atoms with Gasteiger partial charge in [-0.1, -0.05) is 6.42 Å². The fourth-order valence-corrected chi connectivity index (χ4v) is 5.53. The number of benzene rings is 1. The highest BCUT2D eigenvalue weighted by atomic mass is 19.3. The maximum absolute atomic E-state index is 13.6. The molecule has 0 unspecified atom stereocenters. The van der Waals surface area contributed by atoms with E-state index in [0.29, 0.717) is 29.6 Å². The third-order valence-corrected chi connectivity index (χ3v) is 8.25. The molecule has 1 aromatic carbocycles. The molecule has 2 fully saturated rings. The summed E-state index contributed by atoms with van der Waals surface area (Å²) in [5.41, 5.74) is 0.839. The van der Waals surface area contributed by atoms with Crippen molar-refractivity contribution in [1.82, 2.24) is 19.8 Å². The van der Waals surface area contributed by atoms with E-state index in [9.17, 15) is 27.6 Å². The zero-order valence-corrected chi connectivity index (χ0v) is 26.2. The first kappa shape index (κ1) is 33.0. The van der Waals surface area contributed by atoms with Crippen molar-refractivity contribution in [3.05, 3.63) is 69.6 Å². The minimum atomic E-state index is -3.12. The Hall–Kier alpha value is -4.39. The smallest absolute Gasteiger partial charge is 0.387 e. The van der Waals surface area contributed by atoms with E-state index in [1.54, 1.807) is 33.2 Å². The number of hydrogen-bond acceptors (Lipinski definition) is 7. The molecule has 1 aliphatic heterocycles. The van der Waals surface area contributed by atoms with Crippen molar-refractivity contribution < 1.29 is 35.1 Å². The van der Waals surface area contributed by atoms with Crippen LogP contribution in [0.1, 0.15) is 69.2 Å². The monoisotopic (exact) mass is 645 g/mol. The number of aromatic nitrogens is 2. The minimum Gasteiger partial charge on any atom is -0.475 e. The SMILES string of the molecule is CC(C)Oc1cc(-c2ccc(OC(F)F)cc2C(=O)N2CC(F)C2)cc(NC(=O)c2cc(CN[C@@H](C)C3CCC3)cn(C)c2=O)n1.[HH].[HH]. The van der Waals surface area contributed by atoms with Gasteiger partial charge in [-0.25, -0.2) is 4.39 Å². The van der Waals surface area contributed by atoms with Crippen LogP contribution in [0.4, 0.5) is 19.0 Å². The summed E-state index contributed by atoms with van der Waals surface area (Å²) in [6.45, 7) is 2.81. The zero-order chi connectivity index (χ0) is 33.1. The summed E-state index contributed by atoms with van der Waals surface area (Å²) >= 11 is 0. The fraction of sp³-hybridized carbons (Fsp3) is 0.455. The quantitative estimate of drug-likeness (QED) is 0.262. The highest BCUT2D eigenvalue weighted by molar-refractivity contribution is 6.05. The second-order valence-electron chi connectivity index (χ2n) is 12.1. The molecule has 1 aliphatic carbocycles. The molecule has 1 saturated heterocycles. The van der Waals surface area contributed by atoms with Crippen LogP contribution in [0.25, 0.3) is 11.1 Å². The van der Waals surface area contributed by atoms with Crippen molar-refractivity contribution >= 4 is 17.6 Å². The molecule has 2 amide bonds. The van der Waals surface area contributed by atoms with E-state index in [0.717, 1.165) is 5.56 Å². The molecule has 0 bridgehead atoms. The predicted molar refractivity (Wildman–Crippen MR) is 170 cm³/mol. The molecule has 10 nitrogen and oxygen atoms in total. The van der Waals surface area contributed by atoms with E-state index in [1.165, 1.54) is 59.1 Å². The molecule has 3 heterocycles. The summed E-state index contributed by atoms with van der Waals surface area (Å²) in [5.74, 6) is -0.752. The Kier molecular flexibility index (Phi) is 10.00. The van der Waals surface area contributed by atoms with Crippen molar-refractivity contribution in [2.75, 3.05) is 18.4 Å². The number of carbonyl (C=O) groups is 2. The lowest BCUT2D eigenvalue weighted by atomic mass is 9.80. The number of likely N-dealkylation sites (tertiary alicyclic amines) is 1. The number of ether oxygens (including phenoxy) is 2. The summed E-state index contributed by atoms with van der Waals surface area (Å²) in [5, 5.41) is 6.17. The van der Waals surface area contributed by atoms with Crippen molar-refractivity contribution in [1.29, 1.82) is 0 Å². The predicted octanol–water partition coefficient (Wildman–Crippen LogP) is 5.65. The lowest BCUT2D eigenvalue weighted by Gasteiger charge is -2.34. The van der Waals surface area contributed by atoms with Crippen molar-refractivity contribution in [2.24, 2.45) is 13.0 Å². The topological polar surface area (TPSA) is 115 Å². The number of rotatable bonds is 12. The molecule has 2 aliphatic rings. The summed E-state index contributed by atoms with van der Waals surface area (Å²) in [6, 6.07) is 8.76. The molecular formula is C33H42F3N5O5. The zero-order valence-electron chi connectivity index (χ0n) is 26.2. The first-order valence-corrected chi connectivity index (χ1v) is 15.3. The second kappa shape index (κ2) is 13.9. The molecule has 46 heavy (non-hydrogen) atoms. The van der Waals surface area contributed by atoms with Crippen LogP contribution in [0.15, 0.2) is 47.4 Å². The van der Waals surface area contributed by atoms with Crippen LogP contribution in [0, 0.1) is 5.92 Å². The van der Waals surface area contributed by atoms with Gasteiger partial charge in [-0.05, 0) is 86.6 Å². The van der Waals surface area contributed by atoms with Crippen LogP contribution < -0.4 is 25.7 Å². The van der Waals surface area contributed by atoms with Crippen LogP contribution in [0.3, 0.4) is 0 Å². The molecule has 13 heteroatoms. The van der Waals surface area contributed by atoms with Gasteiger partial charge >= 0.3 is 6.61 Å². The number of aryl methyl sites for hydroxylation is 1. The number of halogens is 3. The number of amides is 2. The van der Waals surface area contributed by atoms with E-state index < -0.39 is 30.2 Å². The van der Waals surface area contributed by atoms with Gasteiger partial charge in [0.2, 0.25) is 5.88 Å². The van der Waals surface area contributed by atoms with Crippen molar-refractivity contribution in [3.8, 4) is 22.8 Å². The number of carbonyl (C=O) groups excluding carboxylic acids is 2. The number of hydrogen-bond donors (Lipinski definition) is 2. The summed E-state index contributed by atoms with van der Waals surface area (Å²) in [4.78, 5) is 45.5. The van der Waals surface area contributed by atoms with E-state index in [2.05, 4.69) is 27.3 Å². The Balaban J connectivity index is 0.00000312. The molecule has 3 aromatic rings. The number of nitrogens with zero attached hydrogens (tertiary/aromatic N) is 3. The van der Waals surface area contributed by atoms with Crippen LogP contribution in [-0.2, 0) is 13.6 Å². The lowest BCUT2D eigenvalue weighted by Crippen LogP contribution is -2.51. The van der Waals surface area contributed by atoms with Crippen molar-refractivity contribution in [2.45, 2.75) is 71.5 Å². The van der Waals surface area contributed by atoms with Gasteiger partial charge in [0, 0.05) is 34.8 Å². The Bertz CT molecular complexity index is 1670. The number of alkyl halides is 3. The van der Waals surface area contributed by atoms with Crippen LogP contribution in [-0.4, -0.2) is 64.3 Å². The number of nitrogens with one attached hydrogen (secondary N) is 2. The average molecular weight is 646 g/mol. The first-order chi connectivity index (χ1) is 21.9. The summed E-state index contributed by atoms with van der Waals surface area (Å²) < 4.78 is 51.3. The number of pyridine rings is 2. The van der Waals surface area contributed by atoms with Gasteiger partial charge in [-0.3, -0.25) is 14.4 Å². The van der Waals surface area contributed by atoms with Gasteiger partial charge < -0.3 is 29.6 Å². The van der Waals surface area contributed by atoms with Crippen LogP contribution in [0.5, 0.6) is 11.6 Å². The molecule has 2 aromatic heterocycles. The first-order valence-electron chi connectivity index (χ1n) is 15.3. The third-order valence-electron chi connectivity index (χ3n) is 8.25. The number of anilines is 1. The molecule has 1 saturated carbocycles. The summed E-state index contributed by atoms with van der Waals surface area (Å²) in [6.07, 6.45) is 3.81. The molecule has 5 rings (SSSR count). The Labute approximate surface area is 267 Å². The maximum atomic E-state index is 13.6. The largest absolute Gasteiger partial charge is 0.475 e. The molecule has 0 spiro atoms. The van der Waals surface area contributed by atoms with E-state index in [-0.39, 0.29) is 50.6 Å². The third kappa shape index (κ3) is 7.69. The average Bonchev–Trinajstić information content (AvgIpc) is 2.93. The molecule has 1 atom stereocenters. The second-order valence-corrected chi connectivity index (χ2v) is 12.1. The molecule has 0 radical (unpaired) electrons. The van der Waals surface area contributed by atoms with Gasteiger partial charge in [0.1, 0.15) is 23.3 Å². The van der Waals surface area contributed by atoms with E-state index >= 15 is 0 Å². The Morgan fingerprint density at radius 3 is 2.43 bits per heavy atom. The standard InChI is InChI=1S/C33H38F3N5O5.2H2/c1-18(2)45-29-12-22(25-9-8-24(46-33(35)36)13-26(25)32(44)41-16-23(34)17-41)11-28(38-29)39-30(42)27-10-20(15-40(4)31(27)43)14-37-19(3)21-6-5-7-21;;/h8-13,15,18-19,21,23,33,37H,5-7,14,16-17H2,1-4H3,(H,38,39,42);2*1H/t19-;;/m0../s1. The maximum Gasteiger partial charge on any atom is 0.387 e. The van der Waals surface area contributed by atoms with Crippen molar-refractivity contribution in [3.63, 3.8) is 0 Å². The Morgan fingerprint density at radius 2 is 1.80 bits per heavy atom. The van der Waals surface area contributed by atoms with Crippen LogP contribution >= 0.6 is 0 Å².